The molecule has 1 aliphatic rings. The molecule has 3 rings (SSSR count). The van der Waals surface area contributed by atoms with Crippen LogP contribution in [0.1, 0.15) is 10.4 Å². The van der Waals surface area contributed by atoms with Crippen LogP contribution in [0.25, 0.3) is 0 Å². The summed E-state index contributed by atoms with van der Waals surface area (Å²) in [4.78, 5) is 30.4. The summed E-state index contributed by atoms with van der Waals surface area (Å²) < 4.78 is 19.7. The Bertz CT molecular complexity index is 844. The molecule has 28 heavy (non-hydrogen) atoms. The number of rotatable bonds is 5. The molecule has 1 aromatic heterocycles. The Morgan fingerprint density at radius 3 is 2.43 bits per heavy atom. The monoisotopic (exact) mass is 389 g/mol. The first-order chi connectivity index (χ1) is 13.4. The van der Waals surface area contributed by atoms with Crippen molar-refractivity contribution in [2.75, 3.05) is 51.8 Å². The molecule has 2 aromatic rings. The third-order valence-electron chi connectivity index (χ3n) is 4.76. The normalized spacial score (nSPS) is 14.1. The third kappa shape index (κ3) is 4.24. The van der Waals surface area contributed by atoms with Crippen molar-refractivity contribution in [2.24, 2.45) is 7.05 Å². The number of ether oxygens (including phenoxy) is 1. The third-order valence-corrected chi connectivity index (χ3v) is 4.76. The molecular formula is C19H24FN5O3. The van der Waals surface area contributed by atoms with E-state index in [4.69, 9.17) is 4.74 Å². The number of aromatic nitrogens is 2. The van der Waals surface area contributed by atoms with Gasteiger partial charge in [0.15, 0.2) is 0 Å². The number of aryl methyl sites for hydroxylation is 1. The predicted octanol–water partition coefficient (Wildman–Crippen LogP) is 0.989. The van der Waals surface area contributed by atoms with E-state index in [1.807, 2.05) is 0 Å². The fourth-order valence-corrected chi connectivity index (χ4v) is 3.21. The van der Waals surface area contributed by atoms with E-state index in [2.05, 4.69) is 10.00 Å². The zero-order valence-corrected chi connectivity index (χ0v) is 16.3. The number of methoxy groups -OCH3 is 1. The van der Waals surface area contributed by atoms with Crippen molar-refractivity contribution in [1.82, 2.24) is 19.6 Å². The summed E-state index contributed by atoms with van der Waals surface area (Å²) in [6.07, 6.45) is 1.57. The molecular weight excluding hydrogens is 365 g/mol. The minimum atomic E-state index is -0.316. The van der Waals surface area contributed by atoms with Gasteiger partial charge in [-0.05, 0) is 24.3 Å². The van der Waals surface area contributed by atoms with Crippen LogP contribution in [0.4, 0.5) is 10.1 Å². The Labute approximate surface area is 163 Å². The number of hydrogen-bond donors (Lipinski definition) is 0. The van der Waals surface area contributed by atoms with Crippen LogP contribution in [0.2, 0.25) is 0 Å². The van der Waals surface area contributed by atoms with Crippen molar-refractivity contribution in [1.29, 1.82) is 0 Å². The van der Waals surface area contributed by atoms with Gasteiger partial charge in [-0.3, -0.25) is 14.3 Å². The lowest BCUT2D eigenvalue weighted by Gasteiger charge is -2.36. The Hall–Kier alpha value is -3.10. The van der Waals surface area contributed by atoms with Gasteiger partial charge in [-0.2, -0.15) is 0 Å². The molecule has 0 bridgehead atoms. The molecule has 1 aromatic carbocycles. The molecule has 2 amide bonds. The van der Waals surface area contributed by atoms with E-state index in [1.165, 1.54) is 28.8 Å². The van der Waals surface area contributed by atoms with Gasteiger partial charge < -0.3 is 19.4 Å². The maximum atomic E-state index is 13.1. The first-order valence-electron chi connectivity index (χ1n) is 9.00. The summed E-state index contributed by atoms with van der Waals surface area (Å²) in [5.41, 5.74) is 1.26. The number of hydrogen-bond acceptors (Lipinski definition) is 5. The molecule has 1 aliphatic heterocycles. The van der Waals surface area contributed by atoms with Crippen LogP contribution < -0.4 is 9.64 Å². The molecule has 1 saturated heterocycles. The van der Waals surface area contributed by atoms with Gasteiger partial charge in [0.05, 0.1) is 13.7 Å². The average Bonchev–Trinajstić information content (AvgIpc) is 3.08. The number of halogens is 1. The topological polar surface area (TPSA) is 70.9 Å². The van der Waals surface area contributed by atoms with E-state index in [1.54, 1.807) is 37.3 Å². The Balaban J connectivity index is 1.55. The molecule has 0 N–H and O–H groups in total. The van der Waals surface area contributed by atoms with Gasteiger partial charge in [-0.15, -0.1) is 5.10 Å². The number of likely N-dealkylation sites (N-methyl/N-ethyl adjacent to an activating group) is 1. The second kappa shape index (κ2) is 8.28. The zero-order valence-electron chi connectivity index (χ0n) is 16.3. The SMILES string of the molecule is COc1nn(C)cc1C(=O)N(C)CC(=O)N1CCN(c2ccc(F)cc2)CC1. The molecule has 0 saturated carbocycles. The van der Waals surface area contributed by atoms with E-state index in [9.17, 15) is 14.0 Å². The fourth-order valence-electron chi connectivity index (χ4n) is 3.21. The number of piperazine rings is 1. The first kappa shape index (κ1) is 19.7. The second-order valence-corrected chi connectivity index (χ2v) is 6.73. The highest BCUT2D eigenvalue weighted by Gasteiger charge is 2.26. The van der Waals surface area contributed by atoms with Crippen molar-refractivity contribution in [3.05, 3.63) is 41.8 Å². The van der Waals surface area contributed by atoms with Crippen LogP contribution in [0, 0.1) is 5.82 Å². The highest BCUT2D eigenvalue weighted by molar-refractivity contribution is 5.98. The van der Waals surface area contributed by atoms with Crippen LogP contribution >= 0.6 is 0 Å². The molecule has 0 spiro atoms. The van der Waals surface area contributed by atoms with Crippen LogP contribution in [0.3, 0.4) is 0 Å². The number of nitrogens with zero attached hydrogens (tertiary/aromatic N) is 5. The lowest BCUT2D eigenvalue weighted by molar-refractivity contribution is -0.131. The molecule has 0 atom stereocenters. The number of amides is 2. The second-order valence-electron chi connectivity index (χ2n) is 6.73. The zero-order chi connectivity index (χ0) is 20.3. The summed E-state index contributed by atoms with van der Waals surface area (Å²) in [7, 11) is 4.73. The van der Waals surface area contributed by atoms with Crippen LogP contribution in [-0.4, -0.2) is 78.3 Å². The van der Waals surface area contributed by atoms with Crippen molar-refractivity contribution in [3.63, 3.8) is 0 Å². The molecule has 0 unspecified atom stereocenters. The van der Waals surface area contributed by atoms with Gasteiger partial charge in [0, 0.05) is 52.2 Å². The Morgan fingerprint density at radius 1 is 1.18 bits per heavy atom. The Morgan fingerprint density at radius 2 is 1.82 bits per heavy atom. The van der Waals surface area contributed by atoms with E-state index < -0.39 is 0 Å². The maximum Gasteiger partial charge on any atom is 0.261 e. The lowest BCUT2D eigenvalue weighted by Crippen LogP contribution is -2.51. The fraction of sp³-hybridized carbons (Fsp3) is 0.421. The standard InChI is InChI=1S/C19H24FN5O3/c1-22(19(27)16-12-23(2)21-18(16)28-3)13-17(26)25-10-8-24(9-11-25)15-6-4-14(20)5-7-15/h4-7,12H,8-11,13H2,1-3H3. The smallest absolute Gasteiger partial charge is 0.261 e. The van der Waals surface area contributed by atoms with Crippen molar-refractivity contribution in [2.45, 2.75) is 0 Å². The Kier molecular flexibility index (Phi) is 5.81. The molecule has 0 aliphatic carbocycles. The molecule has 9 heteroatoms. The van der Waals surface area contributed by atoms with Gasteiger partial charge in [-0.25, -0.2) is 4.39 Å². The number of anilines is 1. The van der Waals surface area contributed by atoms with Crippen LogP contribution in [-0.2, 0) is 11.8 Å². The highest BCUT2D eigenvalue weighted by Crippen LogP contribution is 2.18. The average molecular weight is 389 g/mol. The molecule has 1 fully saturated rings. The highest BCUT2D eigenvalue weighted by atomic mass is 19.1. The maximum absolute atomic E-state index is 13.1. The quantitative estimate of drug-likeness (QED) is 0.763. The molecule has 2 heterocycles. The number of carbonyl (C=O) groups is 2. The molecule has 8 nitrogen and oxygen atoms in total. The van der Waals surface area contributed by atoms with Crippen LogP contribution in [0.5, 0.6) is 5.88 Å². The van der Waals surface area contributed by atoms with E-state index in [0.717, 1.165) is 5.69 Å². The minimum absolute atomic E-state index is 0.0204. The lowest BCUT2D eigenvalue weighted by atomic mass is 10.2. The van der Waals surface area contributed by atoms with Gasteiger partial charge in [0.1, 0.15) is 11.4 Å². The minimum Gasteiger partial charge on any atom is -0.479 e. The van der Waals surface area contributed by atoms with Gasteiger partial charge in [-0.1, -0.05) is 0 Å². The summed E-state index contributed by atoms with van der Waals surface area (Å²) >= 11 is 0. The van der Waals surface area contributed by atoms with E-state index >= 15 is 0 Å². The van der Waals surface area contributed by atoms with E-state index in [-0.39, 0.29) is 30.1 Å². The van der Waals surface area contributed by atoms with E-state index in [0.29, 0.717) is 31.7 Å². The largest absolute Gasteiger partial charge is 0.479 e. The summed E-state index contributed by atoms with van der Waals surface area (Å²) in [5.74, 6) is -0.462. The predicted molar refractivity (Wildman–Crippen MR) is 102 cm³/mol. The summed E-state index contributed by atoms with van der Waals surface area (Å²) in [5, 5.41) is 4.07. The van der Waals surface area contributed by atoms with Crippen LogP contribution in [0.15, 0.2) is 30.5 Å². The van der Waals surface area contributed by atoms with Gasteiger partial charge >= 0.3 is 0 Å². The van der Waals surface area contributed by atoms with Crippen molar-refractivity contribution >= 4 is 17.5 Å². The summed E-state index contributed by atoms with van der Waals surface area (Å²) in [6, 6.07) is 6.33. The van der Waals surface area contributed by atoms with Gasteiger partial charge in [0.2, 0.25) is 11.8 Å². The van der Waals surface area contributed by atoms with Crippen molar-refractivity contribution in [3.8, 4) is 5.88 Å². The molecule has 0 radical (unpaired) electrons. The summed E-state index contributed by atoms with van der Waals surface area (Å²) in [6.45, 7) is 2.40. The molecule has 150 valence electrons. The van der Waals surface area contributed by atoms with Crippen molar-refractivity contribution < 1.29 is 18.7 Å². The number of carbonyl (C=O) groups excluding carboxylic acids is 2. The van der Waals surface area contributed by atoms with Gasteiger partial charge in [0.25, 0.3) is 5.91 Å². The number of benzene rings is 1. The first-order valence-corrected chi connectivity index (χ1v) is 9.00.